The monoisotopic (exact) mass is 321 g/mol. The molecule has 2 aromatic carbocycles. The van der Waals surface area contributed by atoms with Crippen molar-refractivity contribution in [1.29, 1.82) is 5.26 Å². The Labute approximate surface area is 137 Å². The molecule has 1 N–H and O–H groups in total. The molecule has 0 spiro atoms. The van der Waals surface area contributed by atoms with Crippen molar-refractivity contribution in [3.63, 3.8) is 0 Å². The second-order valence-electron chi connectivity index (χ2n) is 5.10. The molecule has 0 radical (unpaired) electrons. The third kappa shape index (κ3) is 2.88. The van der Waals surface area contributed by atoms with E-state index in [0.29, 0.717) is 16.8 Å². The van der Waals surface area contributed by atoms with Crippen molar-refractivity contribution in [2.45, 2.75) is 6.92 Å². The number of halogens is 1. The summed E-state index contributed by atoms with van der Waals surface area (Å²) >= 11 is 0. The zero-order valence-corrected chi connectivity index (χ0v) is 12.7. The van der Waals surface area contributed by atoms with E-state index in [9.17, 15) is 14.4 Å². The fourth-order valence-electron chi connectivity index (χ4n) is 2.34. The predicted octanol–water partition coefficient (Wildman–Crippen LogP) is 3.91. The number of nitrogens with zero attached hydrogens (tertiary/aromatic N) is 2. The van der Waals surface area contributed by atoms with Gasteiger partial charge in [0.15, 0.2) is 17.8 Å². The van der Waals surface area contributed by atoms with Crippen molar-refractivity contribution in [2.24, 2.45) is 0 Å². The number of anilines is 1. The van der Waals surface area contributed by atoms with Gasteiger partial charge in [0.25, 0.3) is 5.91 Å². The quantitative estimate of drug-likeness (QED) is 0.793. The number of nitrogens with one attached hydrogen (secondary N) is 1. The maximum absolute atomic E-state index is 13.4. The number of aryl methyl sites for hydroxylation is 1. The molecule has 3 aromatic rings. The van der Waals surface area contributed by atoms with E-state index in [1.807, 2.05) is 0 Å². The first-order valence-corrected chi connectivity index (χ1v) is 7.10. The van der Waals surface area contributed by atoms with Gasteiger partial charge < -0.3 is 9.73 Å². The first kappa shape index (κ1) is 15.4. The summed E-state index contributed by atoms with van der Waals surface area (Å²) in [5, 5.41) is 11.9. The van der Waals surface area contributed by atoms with Gasteiger partial charge in [-0.25, -0.2) is 9.37 Å². The highest BCUT2D eigenvalue weighted by Gasteiger charge is 2.20. The lowest BCUT2D eigenvalue weighted by atomic mass is 10.1. The van der Waals surface area contributed by atoms with Crippen LogP contribution in [0.5, 0.6) is 0 Å². The van der Waals surface area contributed by atoms with Crippen LogP contribution in [0, 0.1) is 24.1 Å². The van der Waals surface area contributed by atoms with Gasteiger partial charge in [0.05, 0.1) is 11.3 Å². The number of rotatable bonds is 3. The van der Waals surface area contributed by atoms with Gasteiger partial charge in [-0.15, -0.1) is 0 Å². The number of benzene rings is 2. The Kier molecular flexibility index (Phi) is 4.08. The summed E-state index contributed by atoms with van der Waals surface area (Å²) < 4.78 is 18.6. The first-order chi connectivity index (χ1) is 11.6. The summed E-state index contributed by atoms with van der Waals surface area (Å²) in [7, 11) is 0. The SMILES string of the molecule is Cc1cccc(NC(=O)c2ncoc2-c2cccc(F)c2)c1C#N. The Hall–Kier alpha value is -3.46. The predicted molar refractivity (Wildman–Crippen MR) is 85.7 cm³/mol. The number of hydrogen-bond acceptors (Lipinski definition) is 4. The molecule has 0 fully saturated rings. The number of hydrogen-bond donors (Lipinski definition) is 1. The molecule has 1 heterocycles. The highest BCUT2D eigenvalue weighted by Crippen LogP contribution is 2.25. The van der Waals surface area contributed by atoms with E-state index in [-0.39, 0.29) is 11.5 Å². The van der Waals surface area contributed by atoms with Crippen LogP contribution in [0.2, 0.25) is 0 Å². The van der Waals surface area contributed by atoms with Crippen LogP contribution in [0.4, 0.5) is 10.1 Å². The summed E-state index contributed by atoms with van der Waals surface area (Å²) in [5.74, 6) is -0.816. The van der Waals surface area contributed by atoms with Gasteiger partial charge in [-0.3, -0.25) is 4.79 Å². The van der Waals surface area contributed by atoms with Crippen molar-refractivity contribution in [1.82, 2.24) is 4.98 Å². The Morgan fingerprint density at radius 2 is 2.08 bits per heavy atom. The molecule has 0 bridgehead atoms. The summed E-state index contributed by atoms with van der Waals surface area (Å²) in [6.07, 6.45) is 1.12. The molecule has 3 rings (SSSR count). The van der Waals surface area contributed by atoms with Crippen LogP contribution in [-0.4, -0.2) is 10.9 Å². The van der Waals surface area contributed by atoms with Gasteiger partial charge >= 0.3 is 0 Å². The molecule has 0 atom stereocenters. The van der Waals surface area contributed by atoms with Crippen molar-refractivity contribution in [3.05, 3.63) is 71.5 Å². The molecule has 118 valence electrons. The molecule has 1 amide bonds. The zero-order chi connectivity index (χ0) is 17.1. The highest BCUT2D eigenvalue weighted by atomic mass is 19.1. The smallest absolute Gasteiger partial charge is 0.278 e. The minimum atomic E-state index is -0.537. The molecule has 1 aromatic heterocycles. The van der Waals surface area contributed by atoms with Gasteiger partial charge in [-0.05, 0) is 30.7 Å². The van der Waals surface area contributed by atoms with Crippen LogP contribution < -0.4 is 5.32 Å². The Morgan fingerprint density at radius 3 is 2.83 bits per heavy atom. The van der Waals surface area contributed by atoms with E-state index >= 15 is 0 Å². The van der Waals surface area contributed by atoms with E-state index in [4.69, 9.17) is 4.42 Å². The number of amides is 1. The Morgan fingerprint density at radius 1 is 1.29 bits per heavy atom. The number of aromatic nitrogens is 1. The van der Waals surface area contributed by atoms with Gasteiger partial charge in [-0.2, -0.15) is 5.26 Å². The molecule has 0 saturated heterocycles. The standard InChI is InChI=1S/C18H12FN3O2/c1-11-4-2-7-15(14(11)9-20)22-18(23)16-17(24-10-21-16)12-5-3-6-13(19)8-12/h2-8,10H,1H3,(H,22,23). The van der Waals surface area contributed by atoms with Crippen LogP contribution in [0.3, 0.4) is 0 Å². The molecule has 0 aliphatic heterocycles. The average Bonchev–Trinajstić information content (AvgIpc) is 3.05. The van der Waals surface area contributed by atoms with E-state index in [2.05, 4.69) is 16.4 Å². The maximum Gasteiger partial charge on any atom is 0.278 e. The number of nitriles is 1. The third-order valence-electron chi connectivity index (χ3n) is 3.50. The molecular weight excluding hydrogens is 309 g/mol. The highest BCUT2D eigenvalue weighted by molar-refractivity contribution is 6.07. The van der Waals surface area contributed by atoms with Crippen LogP contribution in [0.25, 0.3) is 11.3 Å². The topological polar surface area (TPSA) is 78.9 Å². The number of oxazole rings is 1. The zero-order valence-electron chi connectivity index (χ0n) is 12.7. The molecule has 0 aliphatic rings. The maximum atomic E-state index is 13.4. The van der Waals surface area contributed by atoms with Crippen LogP contribution in [0.15, 0.2) is 53.3 Å². The molecule has 6 heteroatoms. The third-order valence-corrected chi connectivity index (χ3v) is 3.50. The normalized spacial score (nSPS) is 10.2. The van der Waals surface area contributed by atoms with Gasteiger partial charge in [0, 0.05) is 5.56 Å². The lowest BCUT2D eigenvalue weighted by Crippen LogP contribution is -2.14. The lowest BCUT2D eigenvalue weighted by Gasteiger charge is -2.08. The number of carbonyl (C=O) groups is 1. The summed E-state index contributed by atoms with van der Waals surface area (Å²) in [4.78, 5) is 16.4. The molecule has 0 saturated carbocycles. The lowest BCUT2D eigenvalue weighted by molar-refractivity contribution is 0.102. The summed E-state index contributed by atoms with van der Waals surface area (Å²) in [5.41, 5.74) is 1.94. The minimum absolute atomic E-state index is 0.0194. The van der Waals surface area contributed by atoms with Crippen molar-refractivity contribution < 1.29 is 13.6 Å². The van der Waals surface area contributed by atoms with Crippen LogP contribution in [-0.2, 0) is 0 Å². The van der Waals surface area contributed by atoms with Crippen molar-refractivity contribution in [3.8, 4) is 17.4 Å². The molecular formula is C18H12FN3O2. The van der Waals surface area contributed by atoms with Crippen LogP contribution >= 0.6 is 0 Å². The summed E-state index contributed by atoms with van der Waals surface area (Å²) in [6.45, 7) is 1.78. The van der Waals surface area contributed by atoms with Gasteiger partial charge in [-0.1, -0.05) is 24.3 Å². The second-order valence-corrected chi connectivity index (χ2v) is 5.10. The summed E-state index contributed by atoms with van der Waals surface area (Å²) in [6, 6.07) is 12.9. The Balaban J connectivity index is 1.95. The van der Waals surface area contributed by atoms with Crippen molar-refractivity contribution >= 4 is 11.6 Å². The van der Waals surface area contributed by atoms with E-state index in [0.717, 1.165) is 12.0 Å². The fraction of sp³-hybridized carbons (Fsp3) is 0.0556. The fourth-order valence-corrected chi connectivity index (χ4v) is 2.34. The number of carbonyl (C=O) groups excluding carboxylic acids is 1. The van der Waals surface area contributed by atoms with Crippen LogP contribution in [0.1, 0.15) is 21.6 Å². The Bertz CT molecular complexity index is 957. The van der Waals surface area contributed by atoms with Gasteiger partial charge in [0.2, 0.25) is 0 Å². The first-order valence-electron chi connectivity index (χ1n) is 7.10. The van der Waals surface area contributed by atoms with Gasteiger partial charge in [0.1, 0.15) is 11.9 Å². The van der Waals surface area contributed by atoms with E-state index < -0.39 is 11.7 Å². The van der Waals surface area contributed by atoms with Crippen molar-refractivity contribution in [2.75, 3.05) is 5.32 Å². The molecule has 24 heavy (non-hydrogen) atoms. The van der Waals surface area contributed by atoms with E-state index in [1.54, 1.807) is 31.2 Å². The second kappa shape index (κ2) is 6.34. The average molecular weight is 321 g/mol. The largest absolute Gasteiger partial charge is 0.443 e. The molecule has 5 nitrogen and oxygen atoms in total. The minimum Gasteiger partial charge on any atom is -0.443 e. The van der Waals surface area contributed by atoms with E-state index in [1.165, 1.54) is 18.2 Å². The molecule has 0 aliphatic carbocycles. The molecule has 0 unspecified atom stereocenters.